The van der Waals surface area contributed by atoms with Crippen molar-refractivity contribution in [3.05, 3.63) is 28.7 Å². The van der Waals surface area contributed by atoms with Crippen molar-refractivity contribution in [2.45, 2.75) is 25.7 Å². The maximum Gasteiger partial charge on any atom is 0.133 e. The Hall–Kier alpha value is -0.540. The lowest BCUT2D eigenvalue weighted by Gasteiger charge is -2.21. The Morgan fingerprint density at radius 1 is 1.29 bits per heavy atom. The van der Waals surface area contributed by atoms with Gasteiger partial charge in [-0.15, -0.1) is 0 Å². The first kappa shape index (κ1) is 12.9. The van der Waals surface area contributed by atoms with Crippen LogP contribution in [0.3, 0.4) is 0 Å². The highest BCUT2D eigenvalue weighted by atomic mass is 79.9. The van der Waals surface area contributed by atoms with E-state index in [9.17, 15) is 5.11 Å². The van der Waals surface area contributed by atoms with Crippen LogP contribution in [0.1, 0.15) is 25.7 Å². The normalized spacial score (nSPS) is 18.2. The fraction of sp³-hybridized carbons (Fsp3) is 0.571. The van der Waals surface area contributed by atoms with Crippen LogP contribution in [-0.4, -0.2) is 18.3 Å². The third-order valence-corrected chi connectivity index (χ3v) is 4.25. The molecule has 0 aliphatic heterocycles. The topological polar surface area (TPSA) is 29.5 Å². The Kier molecular flexibility index (Phi) is 4.86. The quantitative estimate of drug-likeness (QED) is 0.899. The van der Waals surface area contributed by atoms with Gasteiger partial charge in [0.05, 0.1) is 11.1 Å². The first-order valence-electron chi connectivity index (χ1n) is 6.29. The molecule has 0 heterocycles. The molecule has 17 heavy (non-hydrogen) atoms. The number of halogens is 1. The van der Waals surface area contributed by atoms with Crippen LogP contribution in [0.25, 0.3) is 0 Å². The van der Waals surface area contributed by atoms with E-state index in [1.54, 1.807) is 0 Å². The zero-order chi connectivity index (χ0) is 12.1. The van der Waals surface area contributed by atoms with Crippen LogP contribution in [0.15, 0.2) is 28.7 Å². The number of ether oxygens (including phenoxy) is 1. The molecule has 0 amide bonds. The molecule has 1 atom stereocenters. The van der Waals surface area contributed by atoms with Crippen molar-refractivity contribution in [2.24, 2.45) is 11.8 Å². The van der Waals surface area contributed by atoms with Crippen molar-refractivity contribution in [3.8, 4) is 5.75 Å². The summed E-state index contributed by atoms with van der Waals surface area (Å²) in [7, 11) is 0. The number of aliphatic hydroxyl groups is 1. The molecule has 0 aromatic heterocycles. The fourth-order valence-electron chi connectivity index (χ4n) is 2.53. The largest absolute Gasteiger partial charge is 0.492 e. The van der Waals surface area contributed by atoms with E-state index < -0.39 is 0 Å². The highest BCUT2D eigenvalue weighted by molar-refractivity contribution is 9.10. The lowest BCUT2D eigenvalue weighted by molar-refractivity contribution is 0.119. The second-order valence-corrected chi connectivity index (χ2v) is 5.58. The third kappa shape index (κ3) is 3.46. The van der Waals surface area contributed by atoms with Gasteiger partial charge in [-0.25, -0.2) is 0 Å². The first-order chi connectivity index (χ1) is 8.31. The summed E-state index contributed by atoms with van der Waals surface area (Å²) >= 11 is 3.46. The maximum atomic E-state index is 9.44. The highest BCUT2D eigenvalue weighted by Crippen LogP contribution is 2.32. The molecule has 94 valence electrons. The molecule has 1 saturated carbocycles. The first-order valence-corrected chi connectivity index (χ1v) is 7.08. The molecule has 1 aliphatic carbocycles. The van der Waals surface area contributed by atoms with Gasteiger partial charge in [0.2, 0.25) is 0 Å². The Balaban J connectivity index is 1.89. The maximum absolute atomic E-state index is 9.44. The van der Waals surface area contributed by atoms with Crippen LogP contribution in [0.4, 0.5) is 0 Å². The molecule has 3 heteroatoms. The summed E-state index contributed by atoms with van der Waals surface area (Å²) in [6, 6.07) is 7.85. The van der Waals surface area contributed by atoms with Crippen LogP contribution >= 0.6 is 15.9 Å². The van der Waals surface area contributed by atoms with Crippen molar-refractivity contribution < 1.29 is 9.84 Å². The molecule has 1 aromatic carbocycles. The Morgan fingerprint density at radius 3 is 2.65 bits per heavy atom. The zero-order valence-corrected chi connectivity index (χ0v) is 11.5. The molecule has 1 aliphatic rings. The molecule has 2 rings (SSSR count). The lowest BCUT2D eigenvalue weighted by Crippen LogP contribution is -2.23. The second kappa shape index (κ2) is 6.41. The van der Waals surface area contributed by atoms with Crippen LogP contribution in [-0.2, 0) is 0 Å². The third-order valence-electron chi connectivity index (χ3n) is 3.59. The summed E-state index contributed by atoms with van der Waals surface area (Å²) < 4.78 is 6.77. The van der Waals surface area contributed by atoms with Gasteiger partial charge in [-0.05, 0) is 46.8 Å². The molecule has 1 aromatic rings. The van der Waals surface area contributed by atoms with Gasteiger partial charge in [-0.1, -0.05) is 25.0 Å². The van der Waals surface area contributed by atoms with Gasteiger partial charge in [-0.3, -0.25) is 0 Å². The van der Waals surface area contributed by atoms with Crippen molar-refractivity contribution in [1.82, 2.24) is 0 Å². The lowest BCUT2D eigenvalue weighted by atomic mass is 9.92. The average molecular weight is 299 g/mol. The minimum atomic E-state index is 0.231. The summed E-state index contributed by atoms with van der Waals surface area (Å²) in [6.45, 7) is 0.846. The molecule has 2 nitrogen and oxygen atoms in total. The number of para-hydroxylation sites is 1. The molecule has 1 unspecified atom stereocenters. The number of hydrogen-bond acceptors (Lipinski definition) is 2. The smallest absolute Gasteiger partial charge is 0.133 e. The molecular formula is C14H19BrO2. The molecular weight excluding hydrogens is 280 g/mol. The molecule has 1 N–H and O–H groups in total. The Morgan fingerprint density at radius 2 is 2.00 bits per heavy atom. The number of benzene rings is 1. The van der Waals surface area contributed by atoms with E-state index >= 15 is 0 Å². The minimum Gasteiger partial charge on any atom is -0.492 e. The van der Waals surface area contributed by atoms with Gasteiger partial charge < -0.3 is 9.84 Å². The van der Waals surface area contributed by atoms with E-state index in [1.807, 2.05) is 24.3 Å². The predicted octanol–water partition coefficient (Wildman–Crippen LogP) is 3.63. The van der Waals surface area contributed by atoms with E-state index in [2.05, 4.69) is 15.9 Å². The monoisotopic (exact) mass is 298 g/mol. The standard InChI is InChI=1S/C14H19BrO2/c15-13-7-3-4-8-14(13)17-10-12(9-16)11-5-1-2-6-11/h3-4,7-8,11-12,16H,1-2,5-6,9-10H2. The molecule has 0 spiro atoms. The molecule has 1 fully saturated rings. The van der Waals surface area contributed by atoms with Crippen LogP contribution in [0.5, 0.6) is 5.75 Å². The SMILES string of the molecule is OCC(COc1ccccc1Br)C1CCCC1. The van der Waals surface area contributed by atoms with Crippen molar-refractivity contribution in [2.75, 3.05) is 13.2 Å². The summed E-state index contributed by atoms with van der Waals surface area (Å²) in [5.41, 5.74) is 0. The molecule has 0 radical (unpaired) electrons. The van der Waals surface area contributed by atoms with Gasteiger partial charge in [0.1, 0.15) is 5.75 Å². The minimum absolute atomic E-state index is 0.231. The van der Waals surface area contributed by atoms with Crippen molar-refractivity contribution >= 4 is 15.9 Å². The number of aliphatic hydroxyl groups excluding tert-OH is 1. The fourth-order valence-corrected chi connectivity index (χ4v) is 2.92. The summed E-state index contributed by atoms with van der Waals surface area (Å²) in [4.78, 5) is 0. The summed E-state index contributed by atoms with van der Waals surface area (Å²) in [5.74, 6) is 1.79. The van der Waals surface area contributed by atoms with Gasteiger partial charge in [0.15, 0.2) is 0 Å². The summed E-state index contributed by atoms with van der Waals surface area (Å²) in [6.07, 6.45) is 5.08. The van der Waals surface area contributed by atoms with Gasteiger partial charge in [0.25, 0.3) is 0 Å². The van der Waals surface area contributed by atoms with E-state index in [0.717, 1.165) is 10.2 Å². The van der Waals surface area contributed by atoms with Crippen molar-refractivity contribution in [1.29, 1.82) is 0 Å². The average Bonchev–Trinajstić information content (AvgIpc) is 2.86. The van der Waals surface area contributed by atoms with Crippen LogP contribution in [0, 0.1) is 11.8 Å². The van der Waals surface area contributed by atoms with E-state index in [0.29, 0.717) is 12.5 Å². The predicted molar refractivity (Wildman–Crippen MR) is 72.2 cm³/mol. The van der Waals surface area contributed by atoms with Crippen molar-refractivity contribution in [3.63, 3.8) is 0 Å². The highest BCUT2D eigenvalue weighted by Gasteiger charge is 2.25. The number of rotatable bonds is 5. The van der Waals surface area contributed by atoms with Gasteiger partial charge >= 0.3 is 0 Å². The Bertz CT molecular complexity index is 348. The molecule has 0 saturated heterocycles. The Labute approximate surface area is 111 Å². The van der Waals surface area contributed by atoms with Crippen LogP contribution < -0.4 is 4.74 Å². The second-order valence-electron chi connectivity index (χ2n) is 4.73. The molecule has 0 bridgehead atoms. The van der Waals surface area contributed by atoms with E-state index in [4.69, 9.17) is 4.74 Å². The summed E-state index contributed by atoms with van der Waals surface area (Å²) in [5, 5.41) is 9.44. The van der Waals surface area contributed by atoms with Crippen LogP contribution in [0.2, 0.25) is 0 Å². The number of hydrogen-bond donors (Lipinski definition) is 1. The van der Waals surface area contributed by atoms with Gasteiger partial charge in [-0.2, -0.15) is 0 Å². The van der Waals surface area contributed by atoms with Gasteiger partial charge in [0, 0.05) is 12.5 Å². The zero-order valence-electron chi connectivity index (χ0n) is 9.94. The van der Waals surface area contributed by atoms with E-state index in [1.165, 1.54) is 25.7 Å². The van der Waals surface area contributed by atoms with E-state index in [-0.39, 0.29) is 12.5 Å².